The minimum Gasteiger partial charge on any atom is -0.454 e. The summed E-state index contributed by atoms with van der Waals surface area (Å²) in [5.74, 6) is 0.773. The van der Waals surface area contributed by atoms with Gasteiger partial charge in [0, 0.05) is 50.4 Å². The number of nitrogens with zero attached hydrogens (tertiary/aromatic N) is 3. The number of piperazine rings is 1. The van der Waals surface area contributed by atoms with E-state index in [9.17, 15) is 19.3 Å². The highest BCUT2D eigenvalue weighted by molar-refractivity contribution is 5.94. The minimum atomic E-state index is -0.502. The molecule has 1 N–H and O–H groups in total. The van der Waals surface area contributed by atoms with Gasteiger partial charge < -0.3 is 19.7 Å². The van der Waals surface area contributed by atoms with Crippen LogP contribution in [-0.4, -0.2) is 55.2 Å². The lowest BCUT2D eigenvalue weighted by Gasteiger charge is -2.40. The monoisotopic (exact) mass is 492 g/mol. The molecule has 2 aliphatic rings. The zero-order chi connectivity index (χ0) is 25.1. The number of fused-ring (bicyclic) bond motifs is 1. The largest absolute Gasteiger partial charge is 0.454 e. The number of carbonyl (C=O) groups is 1. The third kappa shape index (κ3) is 4.94. The highest BCUT2D eigenvalue weighted by Gasteiger charge is 2.28. The van der Waals surface area contributed by atoms with Gasteiger partial charge in [0.25, 0.3) is 11.6 Å². The smallest absolute Gasteiger partial charge is 0.269 e. The number of benzene rings is 3. The summed E-state index contributed by atoms with van der Waals surface area (Å²) in [5.41, 5.74) is 1.82. The SMILES string of the molecule is O=C(NCC(c1ccc2c(c1)OCO2)N1CCN(c2ccccc2F)CC1)c1ccc([N+](=O)[O-])cc1. The molecule has 0 radical (unpaired) electrons. The molecule has 0 spiro atoms. The number of carbonyl (C=O) groups excluding carboxylic acids is 1. The summed E-state index contributed by atoms with van der Waals surface area (Å²) in [6.45, 7) is 3.09. The lowest BCUT2D eigenvalue weighted by Crippen LogP contribution is -2.50. The highest BCUT2D eigenvalue weighted by Crippen LogP contribution is 2.36. The van der Waals surface area contributed by atoms with Crippen molar-refractivity contribution in [2.45, 2.75) is 6.04 Å². The molecule has 0 aliphatic carbocycles. The maximum atomic E-state index is 14.3. The fourth-order valence-corrected chi connectivity index (χ4v) is 4.59. The standard InChI is InChI=1S/C26H25FN4O5/c27-21-3-1-2-4-22(21)29-11-13-30(14-12-29)23(19-7-10-24-25(15-19)36-17-35-24)16-28-26(32)18-5-8-20(9-6-18)31(33)34/h1-10,15,23H,11-14,16-17H2,(H,28,32). The van der Waals surface area contributed by atoms with E-state index in [2.05, 4.69) is 10.2 Å². The first-order valence-corrected chi connectivity index (χ1v) is 11.7. The predicted octanol–water partition coefficient (Wildman–Crippen LogP) is 3.76. The number of halogens is 1. The van der Waals surface area contributed by atoms with Crippen LogP contribution in [0.1, 0.15) is 22.0 Å². The van der Waals surface area contributed by atoms with Crippen LogP contribution in [0.2, 0.25) is 0 Å². The van der Waals surface area contributed by atoms with Crippen LogP contribution in [0, 0.1) is 15.9 Å². The van der Waals surface area contributed by atoms with Crippen LogP contribution < -0.4 is 19.7 Å². The molecule has 2 heterocycles. The van der Waals surface area contributed by atoms with Crippen molar-refractivity contribution in [3.63, 3.8) is 0 Å². The average Bonchev–Trinajstić information content (AvgIpc) is 3.38. The molecule has 0 bridgehead atoms. The maximum absolute atomic E-state index is 14.3. The fourth-order valence-electron chi connectivity index (χ4n) is 4.59. The van der Waals surface area contributed by atoms with Gasteiger partial charge in [-0.2, -0.15) is 0 Å². The Bertz CT molecular complexity index is 1260. The normalized spacial score (nSPS) is 16.0. The number of nitro groups is 1. The molecule has 36 heavy (non-hydrogen) atoms. The molecule has 1 atom stereocenters. The van der Waals surface area contributed by atoms with Crippen molar-refractivity contribution in [1.82, 2.24) is 10.2 Å². The van der Waals surface area contributed by atoms with E-state index in [1.54, 1.807) is 12.1 Å². The quantitative estimate of drug-likeness (QED) is 0.396. The molecular weight excluding hydrogens is 467 g/mol. The Hall–Kier alpha value is -4.18. The predicted molar refractivity (Wildman–Crippen MR) is 131 cm³/mol. The molecule has 1 unspecified atom stereocenters. The zero-order valence-corrected chi connectivity index (χ0v) is 19.4. The van der Waals surface area contributed by atoms with Crippen molar-refractivity contribution < 1.29 is 23.6 Å². The first kappa shape index (κ1) is 23.6. The number of nitrogens with one attached hydrogen (secondary N) is 1. The molecule has 5 rings (SSSR count). The van der Waals surface area contributed by atoms with Gasteiger partial charge >= 0.3 is 0 Å². The van der Waals surface area contributed by atoms with Gasteiger partial charge in [-0.3, -0.25) is 19.8 Å². The van der Waals surface area contributed by atoms with E-state index in [1.165, 1.54) is 30.3 Å². The van der Waals surface area contributed by atoms with Gasteiger partial charge in [-0.05, 0) is 42.0 Å². The number of hydrogen-bond donors (Lipinski definition) is 1. The van der Waals surface area contributed by atoms with Crippen LogP contribution in [0.3, 0.4) is 0 Å². The number of rotatable bonds is 7. The molecule has 10 heteroatoms. The third-order valence-corrected chi connectivity index (χ3v) is 6.53. The van der Waals surface area contributed by atoms with Crippen LogP contribution in [-0.2, 0) is 0 Å². The molecular formula is C26H25FN4O5. The molecule has 1 fully saturated rings. The fraction of sp³-hybridized carbons (Fsp3) is 0.269. The molecule has 9 nitrogen and oxygen atoms in total. The first-order valence-electron chi connectivity index (χ1n) is 11.7. The molecule has 1 saturated heterocycles. The van der Waals surface area contributed by atoms with E-state index in [0.29, 0.717) is 55.5 Å². The van der Waals surface area contributed by atoms with Gasteiger partial charge in [-0.1, -0.05) is 18.2 Å². The van der Waals surface area contributed by atoms with Crippen LogP contribution in [0.4, 0.5) is 15.8 Å². The third-order valence-electron chi connectivity index (χ3n) is 6.53. The van der Waals surface area contributed by atoms with Gasteiger partial charge in [0.05, 0.1) is 16.7 Å². The van der Waals surface area contributed by atoms with Crippen molar-refractivity contribution in [1.29, 1.82) is 0 Å². The second kappa shape index (κ2) is 10.2. The number of ether oxygens (including phenoxy) is 2. The van der Waals surface area contributed by atoms with Crippen molar-refractivity contribution in [2.24, 2.45) is 0 Å². The van der Waals surface area contributed by atoms with Gasteiger partial charge in [-0.25, -0.2) is 4.39 Å². The second-order valence-electron chi connectivity index (χ2n) is 8.62. The number of hydrogen-bond acceptors (Lipinski definition) is 7. The number of nitro benzene ring substituents is 1. The van der Waals surface area contributed by atoms with Gasteiger partial charge in [0.1, 0.15) is 5.82 Å². The van der Waals surface area contributed by atoms with Gasteiger partial charge in [0.2, 0.25) is 6.79 Å². The van der Waals surface area contributed by atoms with Crippen molar-refractivity contribution >= 4 is 17.3 Å². The Kier molecular flexibility index (Phi) is 6.68. The highest BCUT2D eigenvalue weighted by atomic mass is 19.1. The van der Waals surface area contributed by atoms with E-state index in [1.807, 2.05) is 29.2 Å². The van der Waals surface area contributed by atoms with Crippen molar-refractivity contribution in [3.8, 4) is 11.5 Å². The summed E-state index contributed by atoms with van der Waals surface area (Å²) in [5, 5.41) is 13.9. The molecule has 1 amide bonds. The molecule has 186 valence electrons. The van der Waals surface area contributed by atoms with Crippen LogP contribution in [0.5, 0.6) is 11.5 Å². The molecule has 3 aromatic rings. The Labute approximate surface area is 207 Å². The van der Waals surface area contributed by atoms with E-state index in [-0.39, 0.29) is 30.2 Å². The first-order chi connectivity index (χ1) is 17.5. The topological polar surface area (TPSA) is 97.2 Å². The maximum Gasteiger partial charge on any atom is 0.269 e. The summed E-state index contributed by atoms with van der Waals surface area (Å²) in [6.07, 6.45) is 0. The number of anilines is 1. The summed E-state index contributed by atoms with van der Waals surface area (Å²) in [4.78, 5) is 27.5. The number of non-ortho nitro benzene ring substituents is 1. The van der Waals surface area contributed by atoms with E-state index >= 15 is 0 Å². The second-order valence-corrected chi connectivity index (χ2v) is 8.62. The van der Waals surface area contributed by atoms with E-state index in [4.69, 9.17) is 9.47 Å². The van der Waals surface area contributed by atoms with E-state index in [0.717, 1.165) is 5.56 Å². The number of para-hydroxylation sites is 1. The Balaban J connectivity index is 1.31. The van der Waals surface area contributed by atoms with Crippen molar-refractivity contribution in [2.75, 3.05) is 44.4 Å². The Morgan fingerprint density at radius 1 is 1.00 bits per heavy atom. The number of amides is 1. The Morgan fingerprint density at radius 3 is 2.44 bits per heavy atom. The molecule has 0 saturated carbocycles. The van der Waals surface area contributed by atoms with Gasteiger partial charge in [0.15, 0.2) is 11.5 Å². The van der Waals surface area contributed by atoms with Crippen LogP contribution >= 0.6 is 0 Å². The lowest BCUT2D eigenvalue weighted by atomic mass is 10.0. The van der Waals surface area contributed by atoms with Crippen LogP contribution in [0.25, 0.3) is 0 Å². The summed E-state index contributed by atoms with van der Waals surface area (Å²) >= 11 is 0. The summed E-state index contributed by atoms with van der Waals surface area (Å²) < 4.78 is 25.3. The Morgan fingerprint density at radius 2 is 1.72 bits per heavy atom. The molecule has 0 aromatic heterocycles. The zero-order valence-electron chi connectivity index (χ0n) is 19.4. The van der Waals surface area contributed by atoms with E-state index < -0.39 is 4.92 Å². The van der Waals surface area contributed by atoms with Gasteiger partial charge in [-0.15, -0.1) is 0 Å². The van der Waals surface area contributed by atoms with Crippen LogP contribution in [0.15, 0.2) is 66.7 Å². The molecule has 3 aromatic carbocycles. The summed E-state index contributed by atoms with van der Waals surface area (Å²) in [6, 6.07) is 17.8. The average molecular weight is 493 g/mol. The van der Waals surface area contributed by atoms with Crippen molar-refractivity contribution in [3.05, 3.63) is 93.8 Å². The summed E-state index contributed by atoms with van der Waals surface area (Å²) in [7, 11) is 0. The minimum absolute atomic E-state index is 0.0717. The lowest BCUT2D eigenvalue weighted by molar-refractivity contribution is -0.384. The molecule has 2 aliphatic heterocycles.